The predicted octanol–water partition coefficient (Wildman–Crippen LogP) is 4.49. The summed E-state index contributed by atoms with van der Waals surface area (Å²) < 4.78 is 11.2. The largest absolute Gasteiger partial charge is 0.493 e. The molecule has 0 unspecified atom stereocenters. The molecule has 0 fully saturated rings. The van der Waals surface area contributed by atoms with E-state index in [9.17, 15) is 19.7 Å². The van der Waals surface area contributed by atoms with Crippen LogP contribution in [0.3, 0.4) is 0 Å². The molecule has 0 saturated heterocycles. The summed E-state index contributed by atoms with van der Waals surface area (Å²) in [5.74, 6) is -0.404. The van der Waals surface area contributed by atoms with E-state index < -0.39 is 17.5 Å². The molecule has 1 aliphatic rings. The Bertz CT molecular complexity index is 1190. The van der Waals surface area contributed by atoms with Crippen molar-refractivity contribution in [2.24, 2.45) is 0 Å². The van der Waals surface area contributed by atoms with Crippen molar-refractivity contribution in [3.8, 4) is 5.75 Å². The molecule has 10 heteroatoms. The minimum absolute atomic E-state index is 0.00141. The van der Waals surface area contributed by atoms with E-state index in [4.69, 9.17) is 9.47 Å². The van der Waals surface area contributed by atoms with E-state index >= 15 is 0 Å². The molecule has 1 aromatic heterocycles. The number of Topliss-reactive ketones (excluding diaryl/α,β-unsaturated/α-hetero) is 1. The van der Waals surface area contributed by atoms with Crippen LogP contribution in [0.1, 0.15) is 32.0 Å². The van der Waals surface area contributed by atoms with Gasteiger partial charge in [-0.1, -0.05) is 11.8 Å². The summed E-state index contributed by atoms with van der Waals surface area (Å²) in [7, 11) is 0. The highest BCUT2D eigenvalue weighted by atomic mass is 32.2. The number of thiazole rings is 1. The highest BCUT2D eigenvalue weighted by molar-refractivity contribution is 8.01. The van der Waals surface area contributed by atoms with Gasteiger partial charge in [0.05, 0.1) is 22.0 Å². The SMILES string of the molecule is Cc1csc(Sc2ccc(C(=O)OCC(=O)c3ccc4c(c3)CCO4)cc2[N+](=O)[O-])n1. The number of aryl methyl sites for hydroxylation is 1. The number of carbonyl (C=O) groups excluding carboxylic acids is 2. The first kappa shape index (κ1) is 21.0. The van der Waals surface area contributed by atoms with Crippen LogP contribution in [-0.2, 0) is 11.2 Å². The highest BCUT2D eigenvalue weighted by Crippen LogP contribution is 2.37. The lowest BCUT2D eigenvalue weighted by Gasteiger charge is -2.07. The number of nitrogens with zero attached hydrogens (tertiary/aromatic N) is 2. The van der Waals surface area contributed by atoms with E-state index in [1.54, 1.807) is 18.2 Å². The van der Waals surface area contributed by atoms with Gasteiger partial charge in [-0.2, -0.15) is 0 Å². The van der Waals surface area contributed by atoms with E-state index in [1.165, 1.54) is 23.5 Å². The van der Waals surface area contributed by atoms with Crippen LogP contribution in [0, 0.1) is 17.0 Å². The normalized spacial score (nSPS) is 12.2. The Morgan fingerprint density at radius 1 is 1.26 bits per heavy atom. The second kappa shape index (κ2) is 8.86. The second-order valence-corrected chi connectivity index (χ2v) is 8.86. The number of rotatable bonds is 7. The van der Waals surface area contributed by atoms with Crippen molar-refractivity contribution in [3.05, 3.63) is 74.3 Å². The molecule has 0 amide bonds. The predicted molar refractivity (Wildman–Crippen MR) is 114 cm³/mol. The van der Waals surface area contributed by atoms with Gasteiger partial charge in [0.1, 0.15) is 5.75 Å². The third-order valence-corrected chi connectivity index (χ3v) is 6.65. The lowest BCUT2D eigenvalue weighted by molar-refractivity contribution is -0.387. The fourth-order valence-electron chi connectivity index (χ4n) is 3.00. The van der Waals surface area contributed by atoms with Gasteiger partial charge in [0.2, 0.25) is 0 Å². The zero-order chi connectivity index (χ0) is 22.0. The number of aromatic nitrogens is 1. The topological polar surface area (TPSA) is 109 Å². The summed E-state index contributed by atoms with van der Waals surface area (Å²) in [6.07, 6.45) is 0.727. The zero-order valence-electron chi connectivity index (χ0n) is 16.3. The molecule has 31 heavy (non-hydrogen) atoms. The number of benzene rings is 2. The smallest absolute Gasteiger partial charge is 0.338 e. The maximum Gasteiger partial charge on any atom is 0.338 e. The lowest BCUT2D eigenvalue weighted by atomic mass is 10.1. The molecule has 4 rings (SSSR count). The standard InChI is InChI=1S/C21H16N2O6S2/c1-12-11-30-21(22-12)31-19-5-3-15(9-16(19)23(26)27)20(25)29-10-17(24)13-2-4-18-14(8-13)6-7-28-18/h2-5,8-9,11H,6-7,10H2,1H3. The second-order valence-electron chi connectivity index (χ2n) is 6.72. The zero-order valence-corrected chi connectivity index (χ0v) is 18.0. The monoisotopic (exact) mass is 456 g/mol. The third kappa shape index (κ3) is 4.75. The number of nitro groups is 1. The first-order chi connectivity index (χ1) is 14.9. The van der Waals surface area contributed by atoms with Crippen molar-refractivity contribution >= 4 is 40.5 Å². The Hall–Kier alpha value is -3.24. The number of ketones is 1. The van der Waals surface area contributed by atoms with E-state index in [0.717, 1.165) is 41.3 Å². The van der Waals surface area contributed by atoms with Crippen LogP contribution >= 0.6 is 23.1 Å². The van der Waals surface area contributed by atoms with E-state index in [1.807, 2.05) is 12.3 Å². The van der Waals surface area contributed by atoms with Crippen LogP contribution in [0.4, 0.5) is 5.69 Å². The Kier molecular flexibility index (Phi) is 6.01. The van der Waals surface area contributed by atoms with Crippen molar-refractivity contribution in [1.29, 1.82) is 0 Å². The summed E-state index contributed by atoms with van der Waals surface area (Å²) in [6.45, 7) is 1.96. The molecule has 0 radical (unpaired) electrons. The molecular weight excluding hydrogens is 440 g/mol. The number of hydrogen-bond donors (Lipinski definition) is 0. The van der Waals surface area contributed by atoms with Crippen LogP contribution in [0.25, 0.3) is 0 Å². The summed E-state index contributed by atoms with van der Waals surface area (Å²) >= 11 is 2.54. The molecule has 158 valence electrons. The van der Waals surface area contributed by atoms with Crippen molar-refractivity contribution in [2.75, 3.05) is 13.2 Å². The van der Waals surface area contributed by atoms with E-state index in [2.05, 4.69) is 4.98 Å². The van der Waals surface area contributed by atoms with Crippen molar-refractivity contribution < 1.29 is 24.0 Å². The molecule has 2 heterocycles. The Balaban J connectivity index is 1.44. The van der Waals surface area contributed by atoms with Crippen LogP contribution in [-0.4, -0.2) is 34.9 Å². The maximum absolute atomic E-state index is 12.4. The van der Waals surface area contributed by atoms with Crippen molar-refractivity contribution in [2.45, 2.75) is 22.6 Å². The van der Waals surface area contributed by atoms with Gasteiger partial charge in [-0.15, -0.1) is 11.3 Å². The molecule has 0 aliphatic carbocycles. The molecule has 0 bridgehead atoms. The first-order valence-electron chi connectivity index (χ1n) is 9.25. The average molecular weight is 457 g/mol. The van der Waals surface area contributed by atoms with Crippen molar-refractivity contribution in [1.82, 2.24) is 4.98 Å². The molecule has 1 aliphatic heterocycles. The van der Waals surface area contributed by atoms with Crippen LogP contribution in [0.5, 0.6) is 5.75 Å². The number of nitro benzene ring substituents is 1. The highest BCUT2D eigenvalue weighted by Gasteiger charge is 2.21. The van der Waals surface area contributed by atoms with Gasteiger partial charge < -0.3 is 9.47 Å². The van der Waals surface area contributed by atoms with Crippen LogP contribution in [0.15, 0.2) is 51.0 Å². The van der Waals surface area contributed by atoms with Gasteiger partial charge >= 0.3 is 5.97 Å². The van der Waals surface area contributed by atoms with Gasteiger partial charge in [0.15, 0.2) is 16.7 Å². The molecule has 8 nitrogen and oxygen atoms in total. The molecule has 2 aromatic carbocycles. The van der Waals surface area contributed by atoms with Crippen molar-refractivity contribution in [3.63, 3.8) is 0 Å². The molecule has 0 N–H and O–H groups in total. The molecule has 0 atom stereocenters. The average Bonchev–Trinajstić information content (AvgIpc) is 3.39. The Labute approximate surface area is 185 Å². The fraction of sp³-hybridized carbons (Fsp3) is 0.190. The minimum atomic E-state index is -0.803. The summed E-state index contributed by atoms with van der Waals surface area (Å²) in [6, 6.07) is 9.16. The van der Waals surface area contributed by atoms with Crippen LogP contribution < -0.4 is 4.74 Å². The molecule has 0 saturated carbocycles. The fourth-order valence-corrected chi connectivity index (χ4v) is 4.88. The summed E-state index contributed by atoms with van der Waals surface area (Å²) in [5, 5.41) is 13.3. The van der Waals surface area contributed by atoms with Gasteiger partial charge in [-0.05, 0) is 42.8 Å². The van der Waals surface area contributed by atoms with E-state index in [0.29, 0.717) is 21.4 Å². The lowest BCUT2D eigenvalue weighted by Crippen LogP contribution is -2.14. The number of carbonyl (C=O) groups is 2. The van der Waals surface area contributed by atoms with Gasteiger partial charge in [0.25, 0.3) is 5.69 Å². The number of esters is 1. The minimum Gasteiger partial charge on any atom is -0.493 e. The Morgan fingerprint density at radius 3 is 2.81 bits per heavy atom. The first-order valence-corrected chi connectivity index (χ1v) is 10.9. The molecule has 0 spiro atoms. The molecular formula is C21H16N2O6S2. The number of ether oxygens (including phenoxy) is 2. The maximum atomic E-state index is 12.4. The number of hydrogen-bond acceptors (Lipinski definition) is 9. The number of fused-ring (bicyclic) bond motifs is 1. The summed E-state index contributed by atoms with van der Waals surface area (Å²) in [4.78, 5) is 40.4. The quantitative estimate of drug-likeness (QED) is 0.221. The van der Waals surface area contributed by atoms with Gasteiger partial charge in [0, 0.05) is 29.1 Å². The Morgan fingerprint density at radius 2 is 2.06 bits per heavy atom. The molecule has 3 aromatic rings. The van der Waals surface area contributed by atoms with Gasteiger partial charge in [-0.3, -0.25) is 14.9 Å². The van der Waals surface area contributed by atoms with E-state index in [-0.39, 0.29) is 17.0 Å². The van der Waals surface area contributed by atoms with Gasteiger partial charge in [-0.25, -0.2) is 9.78 Å². The summed E-state index contributed by atoms with van der Waals surface area (Å²) in [5.41, 5.74) is 1.97. The van der Waals surface area contributed by atoms with Crippen LogP contribution in [0.2, 0.25) is 0 Å². The third-order valence-electron chi connectivity index (χ3n) is 4.53.